The van der Waals surface area contributed by atoms with Gasteiger partial charge in [-0.05, 0) is 48.4 Å². The summed E-state index contributed by atoms with van der Waals surface area (Å²) >= 11 is 0. The van der Waals surface area contributed by atoms with Crippen LogP contribution in [0.15, 0.2) is 53.3 Å². The Bertz CT molecular complexity index is 1100. The number of benzene rings is 2. The van der Waals surface area contributed by atoms with Gasteiger partial charge < -0.3 is 15.8 Å². The van der Waals surface area contributed by atoms with Crippen LogP contribution in [-0.2, 0) is 13.0 Å². The second-order valence-corrected chi connectivity index (χ2v) is 6.30. The van der Waals surface area contributed by atoms with Gasteiger partial charge >= 0.3 is 5.69 Å². The van der Waals surface area contributed by atoms with Gasteiger partial charge in [0.25, 0.3) is 0 Å². The number of nitrogens with two attached hydrogens (primary N) is 1. The van der Waals surface area contributed by atoms with E-state index < -0.39 is 5.91 Å². The third kappa shape index (κ3) is 3.15. The van der Waals surface area contributed by atoms with E-state index in [-0.39, 0.29) is 5.69 Å². The zero-order chi connectivity index (χ0) is 19.0. The molecule has 136 valence electrons. The van der Waals surface area contributed by atoms with Gasteiger partial charge in [-0.2, -0.15) is 4.98 Å². The molecule has 7 heteroatoms. The lowest BCUT2D eigenvalue weighted by atomic mass is 9.97. The number of fused-ring (bicyclic) bond motifs is 3. The van der Waals surface area contributed by atoms with Crippen LogP contribution in [0.4, 0.5) is 11.5 Å². The summed E-state index contributed by atoms with van der Waals surface area (Å²) in [5.74, 6) is 0.691. The minimum Gasteiger partial charge on any atom is -0.497 e. The number of anilines is 2. The number of rotatable bonds is 4. The van der Waals surface area contributed by atoms with E-state index in [1.54, 1.807) is 35.9 Å². The van der Waals surface area contributed by atoms with Gasteiger partial charge in [0.1, 0.15) is 11.6 Å². The SMILES string of the molecule is COc1ccc2c(c1)CCn1c-2cc(Nc2cccc(C(N)=O)c2)nc1=O. The van der Waals surface area contributed by atoms with Gasteiger partial charge in [-0.3, -0.25) is 9.36 Å². The first-order chi connectivity index (χ1) is 13.0. The third-order valence-electron chi connectivity index (χ3n) is 4.62. The van der Waals surface area contributed by atoms with Crippen molar-refractivity contribution in [2.45, 2.75) is 13.0 Å². The number of carbonyl (C=O) groups excluding carboxylic acids is 1. The smallest absolute Gasteiger partial charge is 0.350 e. The number of carbonyl (C=O) groups is 1. The second-order valence-electron chi connectivity index (χ2n) is 6.30. The minimum atomic E-state index is -0.514. The van der Waals surface area contributed by atoms with Crippen LogP contribution in [0.2, 0.25) is 0 Å². The first kappa shape index (κ1) is 16.8. The molecule has 0 bridgehead atoms. The van der Waals surface area contributed by atoms with Crippen LogP contribution in [0, 0.1) is 0 Å². The fourth-order valence-electron chi connectivity index (χ4n) is 3.29. The number of nitrogens with one attached hydrogen (secondary N) is 1. The van der Waals surface area contributed by atoms with E-state index in [2.05, 4.69) is 10.3 Å². The molecule has 0 aliphatic carbocycles. The lowest BCUT2D eigenvalue weighted by molar-refractivity contribution is 0.100. The molecule has 0 atom stereocenters. The summed E-state index contributed by atoms with van der Waals surface area (Å²) in [5, 5.41) is 3.09. The summed E-state index contributed by atoms with van der Waals surface area (Å²) in [6.07, 6.45) is 0.745. The fraction of sp³-hybridized carbons (Fsp3) is 0.150. The lowest BCUT2D eigenvalue weighted by Gasteiger charge is -2.22. The number of hydrogen-bond acceptors (Lipinski definition) is 5. The number of methoxy groups -OCH3 is 1. The van der Waals surface area contributed by atoms with Crippen LogP contribution in [0.1, 0.15) is 15.9 Å². The van der Waals surface area contributed by atoms with E-state index >= 15 is 0 Å². The molecule has 4 rings (SSSR count). The highest BCUT2D eigenvalue weighted by atomic mass is 16.5. The predicted octanol–water partition coefficient (Wildman–Crippen LogP) is 2.32. The minimum absolute atomic E-state index is 0.317. The van der Waals surface area contributed by atoms with Gasteiger partial charge in [-0.1, -0.05) is 6.07 Å². The standard InChI is InChI=1S/C20H18N4O3/c1-27-15-5-6-16-12(10-15)7-8-24-17(16)11-18(23-20(24)26)22-14-4-2-3-13(9-14)19(21)25/h2-6,9-11H,7-8H2,1H3,(H2,21,25)(H,22,23,26). The van der Waals surface area contributed by atoms with Gasteiger partial charge in [0.15, 0.2) is 0 Å². The van der Waals surface area contributed by atoms with E-state index in [1.165, 1.54) is 0 Å². The van der Waals surface area contributed by atoms with E-state index in [4.69, 9.17) is 10.5 Å². The van der Waals surface area contributed by atoms with Crippen molar-refractivity contribution in [1.29, 1.82) is 0 Å². The molecule has 1 aromatic heterocycles. The lowest BCUT2D eigenvalue weighted by Crippen LogP contribution is -2.28. The maximum Gasteiger partial charge on any atom is 0.350 e. The van der Waals surface area contributed by atoms with Crippen LogP contribution >= 0.6 is 0 Å². The Kier molecular flexibility index (Phi) is 4.12. The average molecular weight is 362 g/mol. The molecule has 2 heterocycles. The summed E-state index contributed by atoms with van der Waals surface area (Å²) < 4.78 is 6.96. The van der Waals surface area contributed by atoms with Crippen molar-refractivity contribution >= 4 is 17.4 Å². The molecule has 0 radical (unpaired) electrons. The van der Waals surface area contributed by atoms with Gasteiger partial charge in [0, 0.05) is 29.4 Å². The molecule has 1 aliphatic rings. The fourth-order valence-corrected chi connectivity index (χ4v) is 3.29. The molecule has 7 nitrogen and oxygen atoms in total. The molecule has 1 aliphatic heterocycles. The summed E-state index contributed by atoms with van der Waals surface area (Å²) in [4.78, 5) is 28.0. The molecule has 0 saturated heterocycles. The molecule has 1 amide bonds. The van der Waals surface area contributed by atoms with E-state index in [9.17, 15) is 9.59 Å². The number of aryl methyl sites for hydroxylation is 1. The van der Waals surface area contributed by atoms with Crippen LogP contribution in [0.3, 0.4) is 0 Å². The first-order valence-corrected chi connectivity index (χ1v) is 8.51. The normalized spacial score (nSPS) is 12.0. The van der Waals surface area contributed by atoms with Gasteiger partial charge in [0.05, 0.1) is 12.8 Å². The van der Waals surface area contributed by atoms with E-state index in [0.717, 1.165) is 29.0 Å². The van der Waals surface area contributed by atoms with E-state index in [0.29, 0.717) is 23.6 Å². The van der Waals surface area contributed by atoms with E-state index in [1.807, 2.05) is 24.3 Å². The molecular formula is C20H18N4O3. The average Bonchev–Trinajstić information content (AvgIpc) is 2.67. The summed E-state index contributed by atoms with van der Waals surface area (Å²) in [7, 11) is 1.63. The van der Waals surface area contributed by atoms with Gasteiger partial charge in [-0.25, -0.2) is 4.79 Å². The van der Waals surface area contributed by atoms with Crippen molar-refractivity contribution in [3.8, 4) is 17.0 Å². The van der Waals surface area contributed by atoms with Crippen LogP contribution in [0.25, 0.3) is 11.3 Å². The Morgan fingerprint density at radius 3 is 2.85 bits per heavy atom. The number of hydrogen-bond donors (Lipinski definition) is 2. The highest BCUT2D eigenvalue weighted by molar-refractivity contribution is 5.93. The molecule has 3 aromatic rings. The zero-order valence-corrected chi connectivity index (χ0v) is 14.7. The maximum absolute atomic E-state index is 12.5. The van der Waals surface area contributed by atoms with Crippen molar-refractivity contribution in [2.24, 2.45) is 5.73 Å². The Morgan fingerprint density at radius 2 is 2.07 bits per heavy atom. The summed E-state index contributed by atoms with van der Waals surface area (Å²) in [5.41, 5.74) is 8.93. The number of ether oxygens (including phenoxy) is 1. The Balaban J connectivity index is 1.75. The molecule has 0 unspecified atom stereocenters. The summed E-state index contributed by atoms with van der Waals surface area (Å²) in [6.45, 7) is 0.568. The van der Waals surface area contributed by atoms with Crippen molar-refractivity contribution in [3.05, 3.63) is 70.1 Å². The third-order valence-corrected chi connectivity index (χ3v) is 4.62. The predicted molar refractivity (Wildman–Crippen MR) is 102 cm³/mol. The Morgan fingerprint density at radius 1 is 1.22 bits per heavy atom. The van der Waals surface area contributed by atoms with Crippen molar-refractivity contribution in [1.82, 2.24) is 9.55 Å². The molecule has 0 spiro atoms. The van der Waals surface area contributed by atoms with Crippen LogP contribution < -0.4 is 21.5 Å². The van der Waals surface area contributed by atoms with Crippen molar-refractivity contribution in [2.75, 3.05) is 12.4 Å². The summed E-state index contributed by atoms with van der Waals surface area (Å²) in [6, 6.07) is 14.4. The first-order valence-electron chi connectivity index (χ1n) is 8.51. The Hall–Kier alpha value is -3.61. The molecule has 0 saturated carbocycles. The molecule has 0 fully saturated rings. The zero-order valence-electron chi connectivity index (χ0n) is 14.7. The number of nitrogens with zero attached hydrogens (tertiary/aromatic N) is 2. The number of aromatic nitrogens is 2. The monoisotopic (exact) mass is 362 g/mol. The number of primary amides is 1. The van der Waals surface area contributed by atoms with Crippen LogP contribution in [0.5, 0.6) is 5.75 Å². The van der Waals surface area contributed by atoms with Gasteiger partial charge in [0.2, 0.25) is 5.91 Å². The van der Waals surface area contributed by atoms with Gasteiger partial charge in [-0.15, -0.1) is 0 Å². The molecule has 2 aromatic carbocycles. The topological polar surface area (TPSA) is 99.2 Å². The molecule has 3 N–H and O–H groups in total. The quantitative estimate of drug-likeness (QED) is 0.742. The Labute approximate surface area is 155 Å². The van der Waals surface area contributed by atoms with Crippen molar-refractivity contribution < 1.29 is 9.53 Å². The molecule has 27 heavy (non-hydrogen) atoms. The van der Waals surface area contributed by atoms with Crippen LogP contribution in [-0.4, -0.2) is 22.6 Å². The molecular weight excluding hydrogens is 344 g/mol. The number of amides is 1. The highest BCUT2D eigenvalue weighted by Crippen LogP contribution is 2.32. The largest absolute Gasteiger partial charge is 0.497 e. The highest BCUT2D eigenvalue weighted by Gasteiger charge is 2.19. The van der Waals surface area contributed by atoms with Crippen molar-refractivity contribution in [3.63, 3.8) is 0 Å². The second kappa shape index (κ2) is 6.60. The maximum atomic E-state index is 12.5.